The number of allylic oxidation sites excluding steroid dienone is 1. The SMILES string of the molecule is COC(=O)C1=C(Cc2ccccc2Br)N(Cc2ccccc2)[C@H]2c3ccccc3OC[C@@H]12. The zero-order chi connectivity index (χ0) is 22.1. The highest BCUT2D eigenvalue weighted by Gasteiger charge is 2.47. The minimum atomic E-state index is -0.277. The molecule has 0 unspecified atom stereocenters. The second kappa shape index (κ2) is 8.83. The maximum absolute atomic E-state index is 13.1. The van der Waals surface area contributed by atoms with E-state index < -0.39 is 0 Å². The van der Waals surface area contributed by atoms with E-state index in [0.29, 0.717) is 19.6 Å². The molecule has 5 heteroatoms. The fourth-order valence-electron chi connectivity index (χ4n) is 4.88. The Morgan fingerprint density at radius 1 is 1.03 bits per heavy atom. The number of benzene rings is 3. The lowest BCUT2D eigenvalue weighted by Gasteiger charge is -2.37. The van der Waals surface area contributed by atoms with Gasteiger partial charge in [0.1, 0.15) is 5.75 Å². The van der Waals surface area contributed by atoms with Crippen LogP contribution in [0.25, 0.3) is 0 Å². The van der Waals surface area contributed by atoms with Gasteiger partial charge in [-0.15, -0.1) is 0 Å². The quantitative estimate of drug-likeness (QED) is 0.431. The standard InChI is InChI=1S/C27H24BrNO3/c1-31-27(30)25-21-17-32-24-14-8-6-12-20(24)26(21)29(16-18-9-3-2-4-10-18)23(25)15-19-11-5-7-13-22(19)28/h2-14,21,26H,15-17H2,1H3/t21-,26-/m0/s1. The highest BCUT2D eigenvalue weighted by atomic mass is 79.9. The molecule has 0 saturated heterocycles. The van der Waals surface area contributed by atoms with Gasteiger partial charge >= 0.3 is 5.97 Å². The number of carbonyl (C=O) groups is 1. The monoisotopic (exact) mass is 489 g/mol. The summed E-state index contributed by atoms with van der Waals surface area (Å²) in [6.07, 6.45) is 0.633. The summed E-state index contributed by atoms with van der Waals surface area (Å²) in [7, 11) is 1.46. The lowest BCUT2D eigenvalue weighted by molar-refractivity contribution is -0.136. The van der Waals surface area contributed by atoms with Gasteiger partial charge in [-0.2, -0.15) is 0 Å². The number of esters is 1. The summed E-state index contributed by atoms with van der Waals surface area (Å²) in [6, 6.07) is 26.7. The Bertz CT molecular complexity index is 1170. The second-order valence-electron chi connectivity index (χ2n) is 8.13. The largest absolute Gasteiger partial charge is 0.492 e. The van der Waals surface area contributed by atoms with Gasteiger partial charge in [-0.1, -0.05) is 82.7 Å². The molecule has 4 nitrogen and oxygen atoms in total. The predicted octanol–water partition coefficient (Wildman–Crippen LogP) is 5.68. The van der Waals surface area contributed by atoms with E-state index in [1.165, 1.54) is 12.7 Å². The van der Waals surface area contributed by atoms with E-state index in [1.807, 2.05) is 42.5 Å². The summed E-state index contributed by atoms with van der Waals surface area (Å²) >= 11 is 3.68. The van der Waals surface area contributed by atoms with Crippen molar-refractivity contribution in [2.24, 2.45) is 5.92 Å². The van der Waals surface area contributed by atoms with Crippen LogP contribution >= 0.6 is 15.9 Å². The third kappa shape index (κ3) is 3.71. The molecule has 5 rings (SSSR count). The summed E-state index contributed by atoms with van der Waals surface area (Å²) < 4.78 is 12.4. The molecular formula is C27H24BrNO3. The molecule has 3 aromatic carbocycles. The molecule has 0 bridgehead atoms. The smallest absolute Gasteiger partial charge is 0.336 e. The van der Waals surface area contributed by atoms with E-state index >= 15 is 0 Å². The van der Waals surface area contributed by atoms with Crippen molar-refractivity contribution < 1.29 is 14.3 Å². The first kappa shape index (κ1) is 20.8. The first-order chi connectivity index (χ1) is 15.7. The molecule has 0 N–H and O–H groups in total. The maximum Gasteiger partial charge on any atom is 0.336 e. The fourth-order valence-corrected chi connectivity index (χ4v) is 5.30. The molecule has 0 saturated carbocycles. The van der Waals surface area contributed by atoms with Crippen LogP contribution in [-0.2, 0) is 22.5 Å². The second-order valence-corrected chi connectivity index (χ2v) is 8.99. The summed E-state index contributed by atoms with van der Waals surface area (Å²) in [6.45, 7) is 1.16. The molecule has 0 spiro atoms. The summed E-state index contributed by atoms with van der Waals surface area (Å²) in [5.41, 5.74) is 5.17. The van der Waals surface area contributed by atoms with Gasteiger partial charge in [-0.3, -0.25) is 0 Å². The van der Waals surface area contributed by atoms with E-state index in [1.54, 1.807) is 0 Å². The molecule has 3 aromatic rings. The van der Waals surface area contributed by atoms with Gasteiger partial charge in [0.25, 0.3) is 0 Å². The number of rotatable bonds is 5. The zero-order valence-electron chi connectivity index (χ0n) is 17.8. The first-order valence-electron chi connectivity index (χ1n) is 10.7. The number of para-hydroxylation sites is 1. The number of ether oxygens (including phenoxy) is 2. The van der Waals surface area contributed by atoms with E-state index in [9.17, 15) is 4.79 Å². The van der Waals surface area contributed by atoms with Gasteiger partial charge in [0.15, 0.2) is 0 Å². The number of hydrogen-bond acceptors (Lipinski definition) is 4. The van der Waals surface area contributed by atoms with E-state index in [0.717, 1.165) is 32.6 Å². The summed E-state index contributed by atoms with van der Waals surface area (Å²) in [4.78, 5) is 15.5. The number of hydrogen-bond donors (Lipinski definition) is 0. The Balaban J connectivity index is 1.66. The molecule has 0 amide bonds. The van der Waals surface area contributed by atoms with Crippen molar-refractivity contribution >= 4 is 21.9 Å². The van der Waals surface area contributed by atoms with E-state index in [-0.39, 0.29) is 17.9 Å². The van der Waals surface area contributed by atoms with Gasteiger partial charge < -0.3 is 14.4 Å². The van der Waals surface area contributed by atoms with Crippen molar-refractivity contribution in [3.8, 4) is 5.75 Å². The Hall–Kier alpha value is -3.05. The lowest BCUT2D eigenvalue weighted by atomic mass is 9.87. The molecule has 2 aliphatic heterocycles. The number of halogens is 1. The topological polar surface area (TPSA) is 38.8 Å². The van der Waals surface area contributed by atoms with Crippen LogP contribution in [0.4, 0.5) is 0 Å². The maximum atomic E-state index is 13.1. The predicted molar refractivity (Wildman–Crippen MR) is 127 cm³/mol. The number of fused-ring (bicyclic) bond motifs is 3. The molecule has 0 fully saturated rings. The Labute approximate surface area is 196 Å². The highest BCUT2D eigenvalue weighted by molar-refractivity contribution is 9.10. The van der Waals surface area contributed by atoms with Crippen molar-refractivity contribution in [3.63, 3.8) is 0 Å². The van der Waals surface area contributed by atoms with Crippen LogP contribution < -0.4 is 4.74 Å². The van der Waals surface area contributed by atoms with Gasteiger partial charge in [-0.25, -0.2) is 4.79 Å². The van der Waals surface area contributed by atoms with Crippen molar-refractivity contribution in [1.82, 2.24) is 4.90 Å². The number of carbonyl (C=O) groups excluding carboxylic acids is 1. The minimum absolute atomic E-state index is 0.0201. The van der Waals surface area contributed by atoms with Crippen LogP contribution in [-0.4, -0.2) is 24.6 Å². The van der Waals surface area contributed by atoms with Crippen molar-refractivity contribution in [2.45, 2.75) is 19.0 Å². The van der Waals surface area contributed by atoms with Gasteiger partial charge in [0.05, 0.1) is 31.2 Å². The van der Waals surface area contributed by atoms with Crippen LogP contribution in [0.15, 0.2) is 94.6 Å². The van der Waals surface area contributed by atoms with Crippen molar-refractivity contribution in [3.05, 3.63) is 111 Å². The normalized spacial score (nSPS) is 19.2. The van der Waals surface area contributed by atoms with Crippen LogP contribution in [0.1, 0.15) is 22.7 Å². The average Bonchev–Trinajstić information content (AvgIpc) is 3.14. The molecule has 0 aromatic heterocycles. The Kier molecular flexibility index (Phi) is 5.75. The molecule has 2 heterocycles. The third-order valence-electron chi connectivity index (χ3n) is 6.32. The zero-order valence-corrected chi connectivity index (χ0v) is 19.4. The van der Waals surface area contributed by atoms with Gasteiger partial charge in [-0.05, 0) is 23.3 Å². The van der Waals surface area contributed by atoms with Crippen molar-refractivity contribution in [2.75, 3.05) is 13.7 Å². The Morgan fingerprint density at radius 2 is 1.75 bits per heavy atom. The van der Waals surface area contributed by atoms with Crippen LogP contribution in [0, 0.1) is 5.92 Å². The number of nitrogens with zero attached hydrogens (tertiary/aromatic N) is 1. The Morgan fingerprint density at radius 3 is 2.53 bits per heavy atom. The van der Waals surface area contributed by atoms with E-state index in [4.69, 9.17) is 9.47 Å². The third-order valence-corrected chi connectivity index (χ3v) is 7.09. The molecule has 32 heavy (non-hydrogen) atoms. The highest BCUT2D eigenvalue weighted by Crippen LogP contribution is 2.51. The van der Waals surface area contributed by atoms with Crippen LogP contribution in [0.2, 0.25) is 0 Å². The molecule has 162 valence electrons. The van der Waals surface area contributed by atoms with Crippen LogP contribution in [0.5, 0.6) is 5.75 Å². The molecule has 0 radical (unpaired) electrons. The van der Waals surface area contributed by atoms with E-state index in [2.05, 4.69) is 57.2 Å². The molecular weight excluding hydrogens is 466 g/mol. The first-order valence-corrected chi connectivity index (χ1v) is 11.5. The van der Waals surface area contributed by atoms with Gasteiger partial charge in [0, 0.05) is 28.7 Å². The van der Waals surface area contributed by atoms with Crippen molar-refractivity contribution in [1.29, 1.82) is 0 Å². The lowest BCUT2D eigenvalue weighted by Crippen LogP contribution is -2.33. The van der Waals surface area contributed by atoms with Gasteiger partial charge in [0.2, 0.25) is 0 Å². The summed E-state index contributed by atoms with van der Waals surface area (Å²) in [5.74, 6) is 0.525. The summed E-state index contributed by atoms with van der Waals surface area (Å²) in [5, 5.41) is 0. The molecule has 2 aliphatic rings. The van der Waals surface area contributed by atoms with Crippen LogP contribution in [0.3, 0.4) is 0 Å². The molecule has 0 aliphatic carbocycles. The minimum Gasteiger partial charge on any atom is -0.492 e. The fraction of sp³-hybridized carbons (Fsp3) is 0.222. The molecule has 2 atom stereocenters. The number of methoxy groups -OCH3 is 1. The average molecular weight is 490 g/mol.